The van der Waals surface area contributed by atoms with Gasteiger partial charge in [-0.1, -0.05) is 6.07 Å². The fourth-order valence-electron chi connectivity index (χ4n) is 1.63. The van der Waals surface area contributed by atoms with E-state index in [1.807, 2.05) is 24.3 Å². The van der Waals surface area contributed by atoms with Gasteiger partial charge in [0.25, 0.3) is 0 Å². The summed E-state index contributed by atoms with van der Waals surface area (Å²) in [6.45, 7) is 0. The van der Waals surface area contributed by atoms with Gasteiger partial charge in [0.15, 0.2) is 0 Å². The monoisotopic (exact) mass is 433 g/mol. The molecule has 5 heteroatoms. The van der Waals surface area contributed by atoms with Gasteiger partial charge in [0.2, 0.25) is 0 Å². The summed E-state index contributed by atoms with van der Waals surface area (Å²) in [5.74, 6) is 0. The molecule has 0 fully saturated rings. The Labute approximate surface area is 131 Å². The van der Waals surface area contributed by atoms with Gasteiger partial charge in [-0.2, -0.15) is 0 Å². The predicted molar refractivity (Wildman–Crippen MR) is 82.4 cm³/mol. The molecule has 1 atom stereocenters. The van der Waals surface area contributed by atoms with Crippen LogP contribution in [0.3, 0.4) is 0 Å². The highest BCUT2D eigenvalue weighted by Gasteiger charge is 2.10. The molecule has 0 saturated heterocycles. The lowest BCUT2D eigenvalue weighted by Crippen LogP contribution is -2.02. The van der Waals surface area contributed by atoms with Crippen molar-refractivity contribution >= 4 is 47.8 Å². The summed E-state index contributed by atoms with van der Waals surface area (Å²) in [6.07, 6.45) is 3.50. The lowest BCUT2D eigenvalue weighted by atomic mass is 10.0. The summed E-state index contributed by atoms with van der Waals surface area (Å²) in [5, 5.41) is 10.2. The second-order valence-corrected chi connectivity index (χ2v) is 6.53. The first kappa shape index (κ1) is 14.2. The van der Waals surface area contributed by atoms with Gasteiger partial charge in [0.1, 0.15) is 0 Å². The zero-order valence-corrected chi connectivity index (χ0v) is 14.0. The minimum absolute atomic E-state index is 0.537. The van der Waals surface area contributed by atoms with E-state index in [4.69, 9.17) is 0 Å². The topological polar surface area (TPSA) is 33.1 Å². The van der Waals surface area contributed by atoms with Crippen molar-refractivity contribution in [1.29, 1.82) is 0 Å². The average molecular weight is 436 g/mol. The van der Waals surface area contributed by atoms with Gasteiger partial charge in [-0.25, -0.2) is 0 Å². The molecule has 0 aliphatic rings. The van der Waals surface area contributed by atoms with Gasteiger partial charge < -0.3 is 5.11 Å². The standard InChI is InChI=1S/C13H10Br3NO/c14-10-3-8(6-17-7-10)4-13(18)9-1-2-11(15)12(16)5-9/h1-3,5-7,13,18H,4H2. The molecule has 2 rings (SSSR count). The zero-order chi connectivity index (χ0) is 13.1. The molecule has 1 aromatic heterocycles. The highest BCUT2D eigenvalue weighted by molar-refractivity contribution is 9.13. The zero-order valence-electron chi connectivity index (χ0n) is 9.28. The first-order valence-corrected chi connectivity index (χ1v) is 7.66. The molecule has 2 nitrogen and oxygen atoms in total. The Hall–Kier alpha value is -0.230. The van der Waals surface area contributed by atoms with Crippen LogP contribution < -0.4 is 0 Å². The lowest BCUT2D eigenvalue weighted by molar-refractivity contribution is 0.178. The number of halogens is 3. The number of pyridine rings is 1. The quantitative estimate of drug-likeness (QED) is 0.761. The molecule has 1 aromatic carbocycles. The molecule has 18 heavy (non-hydrogen) atoms. The molecular formula is C13H10Br3NO. The Morgan fingerprint density at radius 2 is 1.83 bits per heavy atom. The molecule has 0 bridgehead atoms. The van der Waals surface area contributed by atoms with E-state index in [0.29, 0.717) is 6.42 Å². The smallest absolute Gasteiger partial charge is 0.0831 e. The van der Waals surface area contributed by atoms with E-state index in [2.05, 4.69) is 52.8 Å². The van der Waals surface area contributed by atoms with Crippen molar-refractivity contribution in [2.24, 2.45) is 0 Å². The Morgan fingerprint density at radius 1 is 1.06 bits per heavy atom. The van der Waals surface area contributed by atoms with Gasteiger partial charge in [0.05, 0.1) is 6.10 Å². The van der Waals surface area contributed by atoms with Crippen LogP contribution in [0.5, 0.6) is 0 Å². The maximum absolute atomic E-state index is 10.2. The maximum Gasteiger partial charge on any atom is 0.0831 e. The second kappa shape index (κ2) is 6.28. The number of aliphatic hydroxyl groups is 1. The number of hydrogen-bond acceptors (Lipinski definition) is 2. The Balaban J connectivity index is 2.16. The Bertz CT molecular complexity index is 560. The second-order valence-electron chi connectivity index (χ2n) is 3.90. The van der Waals surface area contributed by atoms with E-state index in [9.17, 15) is 5.11 Å². The molecular weight excluding hydrogens is 426 g/mol. The van der Waals surface area contributed by atoms with Crippen molar-refractivity contribution in [2.75, 3.05) is 0 Å². The molecule has 0 radical (unpaired) electrons. The van der Waals surface area contributed by atoms with Crippen LogP contribution in [-0.2, 0) is 6.42 Å². The molecule has 94 valence electrons. The van der Waals surface area contributed by atoms with Crippen LogP contribution in [0, 0.1) is 0 Å². The number of aromatic nitrogens is 1. The van der Waals surface area contributed by atoms with E-state index < -0.39 is 6.10 Å². The summed E-state index contributed by atoms with van der Waals surface area (Å²) in [4.78, 5) is 4.09. The van der Waals surface area contributed by atoms with Crippen LogP contribution in [0.2, 0.25) is 0 Å². The SMILES string of the molecule is OC(Cc1cncc(Br)c1)c1ccc(Br)c(Br)c1. The van der Waals surface area contributed by atoms with Gasteiger partial charge >= 0.3 is 0 Å². The van der Waals surface area contributed by atoms with Crippen LogP contribution in [0.15, 0.2) is 50.1 Å². The molecule has 0 aliphatic heterocycles. The fourth-order valence-corrected chi connectivity index (χ4v) is 2.68. The summed E-state index contributed by atoms with van der Waals surface area (Å²) >= 11 is 10.2. The van der Waals surface area contributed by atoms with Crippen molar-refractivity contribution in [3.05, 3.63) is 61.2 Å². The predicted octanol–water partition coefficient (Wildman–Crippen LogP) is 4.65. The molecule has 0 amide bonds. The largest absolute Gasteiger partial charge is 0.388 e. The third-order valence-corrected chi connectivity index (χ3v) is 4.83. The van der Waals surface area contributed by atoms with E-state index in [-0.39, 0.29) is 0 Å². The van der Waals surface area contributed by atoms with Crippen molar-refractivity contribution in [3.8, 4) is 0 Å². The molecule has 1 heterocycles. The number of benzene rings is 1. The third kappa shape index (κ3) is 3.63. The molecule has 1 unspecified atom stereocenters. The lowest BCUT2D eigenvalue weighted by Gasteiger charge is -2.12. The maximum atomic E-state index is 10.2. The van der Waals surface area contributed by atoms with E-state index in [1.54, 1.807) is 12.4 Å². The Morgan fingerprint density at radius 3 is 2.50 bits per heavy atom. The van der Waals surface area contributed by atoms with E-state index in [0.717, 1.165) is 24.5 Å². The number of rotatable bonds is 3. The summed E-state index contributed by atoms with van der Waals surface area (Å²) in [5.41, 5.74) is 1.88. The van der Waals surface area contributed by atoms with Gasteiger partial charge in [-0.15, -0.1) is 0 Å². The minimum Gasteiger partial charge on any atom is -0.388 e. The van der Waals surface area contributed by atoms with Gasteiger partial charge in [0, 0.05) is 32.2 Å². The van der Waals surface area contributed by atoms with Gasteiger partial charge in [-0.3, -0.25) is 4.98 Å². The first-order valence-electron chi connectivity index (χ1n) is 5.28. The summed E-state index contributed by atoms with van der Waals surface area (Å²) in [7, 11) is 0. The van der Waals surface area contributed by atoms with Crippen LogP contribution >= 0.6 is 47.8 Å². The third-order valence-electron chi connectivity index (χ3n) is 2.52. The molecule has 2 aromatic rings. The average Bonchev–Trinajstić information content (AvgIpc) is 2.32. The highest BCUT2D eigenvalue weighted by Crippen LogP contribution is 2.28. The van der Waals surface area contributed by atoms with Crippen LogP contribution in [0.25, 0.3) is 0 Å². The summed E-state index contributed by atoms with van der Waals surface area (Å²) in [6, 6.07) is 7.71. The van der Waals surface area contributed by atoms with Crippen molar-refractivity contribution < 1.29 is 5.11 Å². The van der Waals surface area contributed by atoms with Gasteiger partial charge in [-0.05, 0) is 77.1 Å². The highest BCUT2D eigenvalue weighted by atomic mass is 79.9. The fraction of sp³-hybridized carbons (Fsp3) is 0.154. The number of nitrogens with zero attached hydrogens (tertiary/aromatic N) is 1. The van der Waals surface area contributed by atoms with Crippen LogP contribution in [0.4, 0.5) is 0 Å². The molecule has 0 aliphatic carbocycles. The van der Waals surface area contributed by atoms with Crippen LogP contribution in [0.1, 0.15) is 17.2 Å². The molecule has 0 saturated carbocycles. The molecule has 0 spiro atoms. The summed E-state index contributed by atoms with van der Waals surface area (Å²) < 4.78 is 2.83. The van der Waals surface area contributed by atoms with E-state index >= 15 is 0 Å². The minimum atomic E-state index is -0.537. The number of hydrogen-bond donors (Lipinski definition) is 1. The molecule has 1 N–H and O–H groups in total. The first-order chi connectivity index (χ1) is 8.56. The van der Waals surface area contributed by atoms with E-state index in [1.165, 1.54) is 0 Å². The number of aliphatic hydroxyl groups excluding tert-OH is 1. The van der Waals surface area contributed by atoms with Crippen molar-refractivity contribution in [2.45, 2.75) is 12.5 Å². The van der Waals surface area contributed by atoms with Crippen LogP contribution in [-0.4, -0.2) is 10.1 Å². The van der Waals surface area contributed by atoms with Crippen molar-refractivity contribution in [3.63, 3.8) is 0 Å². The normalized spacial score (nSPS) is 12.4. The van der Waals surface area contributed by atoms with Crippen molar-refractivity contribution in [1.82, 2.24) is 4.98 Å². The Kier molecular flexibility index (Phi) is 4.95.